The van der Waals surface area contributed by atoms with Crippen molar-refractivity contribution in [2.45, 2.75) is 105 Å². The Balaban J connectivity index is 1.72. The van der Waals surface area contributed by atoms with Gasteiger partial charge in [0.15, 0.2) is 0 Å². The van der Waals surface area contributed by atoms with Crippen molar-refractivity contribution in [3.8, 4) is 16.9 Å². The number of aryl methyl sites for hydroxylation is 2. The first-order valence-corrected chi connectivity index (χ1v) is 15.9. The van der Waals surface area contributed by atoms with E-state index in [1.807, 2.05) is 18.2 Å². The summed E-state index contributed by atoms with van der Waals surface area (Å²) in [5.74, 6) is 0.957. The van der Waals surface area contributed by atoms with E-state index in [-0.39, 0.29) is 5.97 Å². The van der Waals surface area contributed by atoms with E-state index >= 15 is 0 Å². The highest BCUT2D eigenvalue weighted by Gasteiger charge is 2.13. The Morgan fingerprint density at radius 2 is 1.36 bits per heavy atom. The first-order chi connectivity index (χ1) is 20.4. The van der Waals surface area contributed by atoms with Gasteiger partial charge in [-0.1, -0.05) is 91.7 Å². The number of ether oxygens (including phenoxy) is 2. The van der Waals surface area contributed by atoms with Crippen molar-refractivity contribution in [2.75, 3.05) is 13.7 Å². The molecule has 3 rings (SSSR count). The highest BCUT2D eigenvalue weighted by molar-refractivity contribution is 5.90. The van der Waals surface area contributed by atoms with Crippen molar-refractivity contribution in [1.82, 2.24) is 0 Å². The molecule has 0 aliphatic heterocycles. The monoisotopic (exact) mass is 570 g/mol. The molecular weight excluding hydrogens is 520 g/mol. The molecule has 5 nitrogen and oxygen atoms in total. The lowest BCUT2D eigenvalue weighted by Crippen LogP contribution is -2.01. The van der Waals surface area contributed by atoms with Crippen molar-refractivity contribution < 1.29 is 14.3 Å². The van der Waals surface area contributed by atoms with Crippen LogP contribution in [0.25, 0.3) is 11.1 Å². The van der Waals surface area contributed by atoms with Crippen LogP contribution in [0.5, 0.6) is 5.75 Å². The van der Waals surface area contributed by atoms with Crippen molar-refractivity contribution in [3.63, 3.8) is 0 Å². The molecule has 0 radical (unpaired) electrons. The predicted molar refractivity (Wildman–Crippen MR) is 175 cm³/mol. The van der Waals surface area contributed by atoms with Crippen LogP contribution >= 0.6 is 0 Å². The smallest absolute Gasteiger partial charge is 0.337 e. The molecule has 0 unspecified atom stereocenters. The highest BCUT2D eigenvalue weighted by atomic mass is 16.5. The maximum Gasteiger partial charge on any atom is 0.337 e. The Bertz CT molecular complexity index is 1270. The molecule has 226 valence electrons. The van der Waals surface area contributed by atoms with Gasteiger partial charge in [0.1, 0.15) is 5.75 Å². The molecule has 0 N–H and O–H groups in total. The Hall–Kier alpha value is -3.47. The summed E-state index contributed by atoms with van der Waals surface area (Å²) in [7, 11) is 1.40. The van der Waals surface area contributed by atoms with Crippen LogP contribution in [0.2, 0.25) is 0 Å². The Kier molecular flexibility index (Phi) is 13.7. The number of nitrogens with zero attached hydrogens (tertiary/aromatic N) is 2. The van der Waals surface area contributed by atoms with Crippen molar-refractivity contribution in [1.29, 1.82) is 0 Å². The standard InChI is InChI=1S/C37H50N2O3/c1-7-10-11-12-13-14-15-16-23-42-35-22-21-33(26-34(35)27(4)5)38-39-36-28(8-2)24-32(25-29(36)9-3)30-17-19-31(20-18-30)37(40)41-6/h17-22,24-27H,7-16,23H2,1-6H3/b39-38+. The fourth-order valence-electron chi connectivity index (χ4n) is 5.22. The Labute approximate surface area is 253 Å². The number of azo groups is 1. The molecule has 0 fully saturated rings. The second kappa shape index (κ2) is 17.5. The normalized spacial score (nSPS) is 11.4. The van der Waals surface area contributed by atoms with E-state index in [0.29, 0.717) is 11.5 Å². The van der Waals surface area contributed by atoms with Gasteiger partial charge < -0.3 is 9.47 Å². The van der Waals surface area contributed by atoms with Gasteiger partial charge in [-0.25, -0.2) is 4.79 Å². The summed E-state index contributed by atoms with van der Waals surface area (Å²) in [6.45, 7) is 11.7. The zero-order valence-electron chi connectivity index (χ0n) is 26.7. The van der Waals surface area contributed by atoms with Gasteiger partial charge in [-0.3, -0.25) is 0 Å². The quantitative estimate of drug-likeness (QED) is 0.0921. The lowest BCUT2D eigenvalue weighted by molar-refractivity contribution is 0.0600. The summed E-state index contributed by atoms with van der Waals surface area (Å²) in [4.78, 5) is 11.8. The molecule has 0 aliphatic carbocycles. The first kappa shape index (κ1) is 33.0. The summed E-state index contributed by atoms with van der Waals surface area (Å²) in [6.07, 6.45) is 12.0. The van der Waals surface area contributed by atoms with Crippen molar-refractivity contribution in [3.05, 3.63) is 76.9 Å². The average molecular weight is 571 g/mol. The maximum atomic E-state index is 11.8. The largest absolute Gasteiger partial charge is 0.493 e. The van der Waals surface area contributed by atoms with Crippen molar-refractivity contribution >= 4 is 17.3 Å². The molecule has 42 heavy (non-hydrogen) atoms. The van der Waals surface area contributed by atoms with Gasteiger partial charge in [0.25, 0.3) is 0 Å². The molecule has 0 bridgehead atoms. The van der Waals surface area contributed by atoms with Crippen LogP contribution in [0.3, 0.4) is 0 Å². The fraction of sp³-hybridized carbons (Fsp3) is 0.486. The number of hydrogen-bond donors (Lipinski definition) is 0. The minimum Gasteiger partial charge on any atom is -0.493 e. The van der Waals surface area contributed by atoms with Crippen LogP contribution < -0.4 is 4.74 Å². The van der Waals surface area contributed by atoms with Crippen LogP contribution in [-0.2, 0) is 17.6 Å². The number of hydrogen-bond acceptors (Lipinski definition) is 5. The number of methoxy groups -OCH3 is 1. The van der Waals surface area contributed by atoms with Gasteiger partial charge in [0.05, 0.1) is 30.7 Å². The third-order valence-electron chi connectivity index (χ3n) is 7.81. The third-order valence-corrected chi connectivity index (χ3v) is 7.81. The second-order valence-electron chi connectivity index (χ2n) is 11.3. The Morgan fingerprint density at radius 1 is 0.738 bits per heavy atom. The van der Waals surface area contributed by atoms with Gasteiger partial charge >= 0.3 is 5.97 Å². The molecule has 0 spiro atoms. The second-order valence-corrected chi connectivity index (χ2v) is 11.3. The van der Waals surface area contributed by atoms with Gasteiger partial charge in [-0.2, -0.15) is 5.11 Å². The fourth-order valence-corrected chi connectivity index (χ4v) is 5.22. The van der Waals surface area contributed by atoms with E-state index < -0.39 is 0 Å². The number of carbonyl (C=O) groups is 1. The summed E-state index contributed by atoms with van der Waals surface area (Å²) in [5.41, 5.74) is 7.96. The molecule has 0 heterocycles. The zero-order chi connectivity index (χ0) is 30.3. The SMILES string of the molecule is CCCCCCCCCCOc1ccc(/N=N/c2c(CC)cc(-c3ccc(C(=O)OC)cc3)cc2CC)cc1C(C)C. The van der Waals surface area contributed by atoms with E-state index in [0.717, 1.165) is 65.2 Å². The third kappa shape index (κ3) is 9.54. The average Bonchev–Trinajstić information content (AvgIpc) is 3.02. The van der Waals surface area contributed by atoms with Gasteiger partial charge in [0.2, 0.25) is 0 Å². The molecule has 3 aromatic carbocycles. The molecule has 0 saturated carbocycles. The van der Waals surface area contributed by atoms with Crippen LogP contribution in [0.15, 0.2) is 64.8 Å². The number of rotatable bonds is 17. The van der Waals surface area contributed by atoms with Gasteiger partial charge in [-0.15, -0.1) is 5.11 Å². The van der Waals surface area contributed by atoms with Crippen LogP contribution in [-0.4, -0.2) is 19.7 Å². The summed E-state index contributed by atoms with van der Waals surface area (Å²) >= 11 is 0. The lowest BCUT2D eigenvalue weighted by atomic mass is 9.95. The molecule has 0 amide bonds. The summed E-state index contributed by atoms with van der Waals surface area (Å²) in [6, 6.07) is 18.1. The highest BCUT2D eigenvalue weighted by Crippen LogP contribution is 2.35. The number of unbranched alkanes of at least 4 members (excludes halogenated alkanes) is 7. The van der Waals surface area contributed by atoms with E-state index in [1.165, 1.54) is 57.6 Å². The molecule has 0 saturated heterocycles. The number of esters is 1. The summed E-state index contributed by atoms with van der Waals surface area (Å²) in [5, 5.41) is 9.47. The van der Waals surface area contributed by atoms with Crippen LogP contribution in [0.4, 0.5) is 11.4 Å². The van der Waals surface area contributed by atoms with Gasteiger partial charge in [-0.05, 0) is 95.5 Å². The zero-order valence-corrected chi connectivity index (χ0v) is 26.7. The maximum absolute atomic E-state index is 11.8. The molecule has 3 aromatic rings. The van der Waals surface area contributed by atoms with E-state index in [4.69, 9.17) is 19.7 Å². The lowest BCUT2D eigenvalue weighted by Gasteiger charge is -2.15. The molecule has 0 aromatic heterocycles. The predicted octanol–water partition coefficient (Wildman–Crippen LogP) is 11.3. The number of benzene rings is 3. The molecule has 0 atom stereocenters. The van der Waals surface area contributed by atoms with E-state index in [9.17, 15) is 4.79 Å². The van der Waals surface area contributed by atoms with Crippen molar-refractivity contribution in [2.24, 2.45) is 10.2 Å². The minimum atomic E-state index is -0.329. The molecular formula is C37H50N2O3. The van der Waals surface area contributed by atoms with Crippen LogP contribution in [0, 0.1) is 0 Å². The van der Waals surface area contributed by atoms with Crippen LogP contribution in [0.1, 0.15) is 119 Å². The topological polar surface area (TPSA) is 60.2 Å². The van der Waals surface area contributed by atoms with E-state index in [2.05, 4.69) is 58.9 Å². The minimum absolute atomic E-state index is 0.329. The first-order valence-electron chi connectivity index (χ1n) is 15.9. The van der Waals surface area contributed by atoms with E-state index in [1.54, 1.807) is 12.1 Å². The number of carbonyl (C=O) groups excluding carboxylic acids is 1. The van der Waals surface area contributed by atoms with Gasteiger partial charge in [0, 0.05) is 0 Å². The summed E-state index contributed by atoms with van der Waals surface area (Å²) < 4.78 is 11.1. The Morgan fingerprint density at radius 3 is 1.93 bits per heavy atom. The molecule has 0 aliphatic rings. The molecule has 5 heteroatoms.